The Labute approximate surface area is 203 Å². The molecule has 2 amide bonds. The Morgan fingerprint density at radius 2 is 1.69 bits per heavy atom. The molecular formula is C24H21F2N3O5S. The number of alkyl carbamates (subject to hydrolysis) is 1. The summed E-state index contributed by atoms with van der Waals surface area (Å²) in [5, 5.41) is 13.7. The molecule has 3 aromatic rings. The number of ether oxygens (including phenoxy) is 1. The van der Waals surface area contributed by atoms with E-state index in [0.717, 1.165) is 39.8 Å². The number of carboxylic acid groups (broad SMARTS) is 1. The smallest absolute Gasteiger partial charge is 0.407 e. The van der Waals surface area contributed by atoms with Gasteiger partial charge in [-0.3, -0.25) is 4.79 Å². The number of rotatable bonds is 9. The van der Waals surface area contributed by atoms with E-state index in [1.165, 1.54) is 0 Å². The van der Waals surface area contributed by atoms with Crippen molar-refractivity contribution >= 4 is 29.3 Å². The Morgan fingerprint density at radius 1 is 1.06 bits per heavy atom. The zero-order valence-electron chi connectivity index (χ0n) is 18.2. The van der Waals surface area contributed by atoms with Crippen LogP contribution < -0.4 is 10.6 Å². The van der Waals surface area contributed by atoms with Crippen molar-refractivity contribution in [2.24, 2.45) is 0 Å². The molecule has 3 N–H and O–H groups in total. The summed E-state index contributed by atoms with van der Waals surface area (Å²) in [5.41, 5.74) is 4.05. The highest BCUT2D eigenvalue weighted by atomic mass is 32.1. The lowest BCUT2D eigenvalue weighted by atomic mass is 9.98. The summed E-state index contributed by atoms with van der Waals surface area (Å²) in [4.78, 5) is 39.2. The number of aromatic nitrogens is 1. The van der Waals surface area contributed by atoms with E-state index in [9.17, 15) is 23.2 Å². The zero-order chi connectivity index (χ0) is 24.9. The molecule has 0 fully saturated rings. The van der Waals surface area contributed by atoms with Crippen molar-refractivity contribution in [3.8, 4) is 11.1 Å². The van der Waals surface area contributed by atoms with Crippen LogP contribution in [0, 0.1) is 0 Å². The van der Waals surface area contributed by atoms with Crippen LogP contribution in [0.3, 0.4) is 0 Å². The molecule has 0 aliphatic heterocycles. The van der Waals surface area contributed by atoms with Gasteiger partial charge < -0.3 is 20.5 Å². The largest absolute Gasteiger partial charge is 0.477 e. The van der Waals surface area contributed by atoms with Crippen LogP contribution in [0.1, 0.15) is 38.1 Å². The highest BCUT2D eigenvalue weighted by Crippen LogP contribution is 2.44. The average Bonchev–Trinajstić information content (AvgIpc) is 3.44. The molecular weight excluding hydrogens is 480 g/mol. The second kappa shape index (κ2) is 10.6. The first-order chi connectivity index (χ1) is 16.8. The number of thiazole rings is 1. The maximum atomic E-state index is 13.5. The van der Waals surface area contributed by atoms with Crippen LogP contribution in [0.15, 0.2) is 54.7 Å². The minimum Gasteiger partial charge on any atom is -0.477 e. The van der Waals surface area contributed by atoms with Gasteiger partial charge in [0, 0.05) is 5.92 Å². The molecule has 4 rings (SSSR count). The van der Waals surface area contributed by atoms with Crippen molar-refractivity contribution in [1.82, 2.24) is 15.6 Å². The van der Waals surface area contributed by atoms with Gasteiger partial charge in [0.05, 0.1) is 19.2 Å². The number of hydrogen-bond donors (Lipinski definition) is 3. The van der Waals surface area contributed by atoms with Crippen LogP contribution in [0.25, 0.3) is 11.1 Å². The van der Waals surface area contributed by atoms with Crippen LogP contribution >= 0.6 is 11.3 Å². The molecule has 1 heterocycles. The van der Waals surface area contributed by atoms with E-state index in [-0.39, 0.29) is 23.9 Å². The van der Waals surface area contributed by atoms with Crippen LogP contribution in [-0.4, -0.2) is 47.1 Å². The minimum absolute atomic E-state index is 0.00312. The quantitative estimate of drug-likeness (QED) is 0.408. The Morgan fingerprint density at radius 3 is 2.26 bits per heavy atom. The fourth-order valence-electron chi connectivity index (χ4n) is 3.93. The standard InChI is InChI=1S/C24H21F2N3O5S/c25-22(26)18(9-20(30)27-11-21-28-10-19(35-21)23(31)32)29-24(33)34-12-17-15-7-3-1-5-13(15)14-6-2-4-8-16(14)17/h1-8,10,17-18,22H,9,11-12H2,(H,27,30)(H,29,33)(H,31,32). The summed E-state index contributed by atoms with van der Waals surface area (Å²) in [5.74, 6) is -2.12. The van der Waals surface area contributed by atoms with Gasteiger partial charge in [-0.25, -0.2) is 23.4 Å². The summed E-state index contributed by atoms with van der Waals surface area (Å²) < 4.78 is 32.2. The van der Waals surface area contributed by atoms with Gasteiger partial charge >= 0.3 is 12.1 Å². The Hall–Kier alpha value is -3.86. The minimum atomic E-state index is -3.00. The average molecular weight is 502 g/mol. The number of amides is 2. The van der Waals surface area contributed by atoms with Crippen LogP contribution in [0.2, 0.25) is 0 Å². The summed E-state index contributed by atoms with van der Waals surface area (Å²) in [6.07, 6.45) is -3.58. The van der Waals surface area contributed by atoms with Crippen LogP contribution in [0.4, 0.5) is 13.6 Å². The highest BCUT2D eigenvalue weighted by molar-refractivity contribution is 7.13. The highest BCUT2D eigenvalue weighted by Gasteiger charge is 2.30. The number of fused-ring (bicyclic) bond motifs is 3. The SMILES string of the molecule is O=C(CC(NC(=O)OCC1c2ccccc2-c2ccccc21)C(F)F)NCc1ncc(C(=O)O)s1. The van der Waals surface area contributed by atoms with Gasteiger partial charge in [0.25, 0.3) is 6.43 Å². The van der Waals surface area contributed by atoms with Gasteiger partial charge in [0.15, 0.2) is 0 Å². The summed E-state index contributed by atoms with van der Waals surface area (Å²) >= 11 is 0.864. The predicted octanol–water partition coefficient (Wildman–Crippen LogP) is 4.02. The van der Waals surface area contributed by atoms with E-state index < -0.39 is 36.9 Å². The number of alkyl halides is 2. The van der Waals surface area contributed by atoms with E-state index in [1.54, 1.807) is 0 Å². The molecule has 0 bridgehead atoms. The van der Waals surface area contributed by atoms with E-state index >= 15 is 0 Å². The van der Waals surface area contributed by atoms with Crippen molar-refractivity contribution in [1.29, 1.82) is 0 Å². The van der Waals surface area contributed by atoms with Gasteiger partial charge in [0.2, 0.25) is 5.91 Å². The molecule has 8 nitrogen and oxygen atoms in total. The lowest BCUT2D eigenvalue weighted by molar-refractivity contribution is -0.122. The molecule has 0 saturated carbocycles. The lowest BCUT2D eigenvalue weighted by Crippen LogP contribution is -2.44. The van der Waals surface area contributed by atoms with E-state index in [0.29, 0.717) is 5.01 Å². The lowest BCUT2D eigenvalue weighted by Gasteiger charge is -2.19. The van der Waals surface area contributed by atoms with Crippen molar-refractivity contribution in [3.05, 3.63) is 75.7 Å². The number of carbonyl (C=O) groups excluding carboxylic acids is 2. The first-order valence-corrected chi connectivity index (χ1v) is 11.5. The molecule has 1 aliphatic carbocycles. The molecule has 11 heteroatoms. The van der Waals surface area contributed by atoms with Gasteiger partial charge in [-0.1, -0.05) is 48.5 Å². The molecule has 0 spiro atoms. The van der Waals surface area contributed by atoms with Gasteiger partial charge in [-0.2, -0.15) is 0 Å². The fraction of sp³-hybridized carbons (Fsp3) is 0.250. The summed E-state index contributed by atoms with van der Waals surface area (Å²) in [6, 6.07) is 13.7. The predicted molar refractivity (Wildman–Crippen MR) is 124 cm³/mol. The number of nitrogens with one attached hydrogen (secondary N) is 2. The van der Waals surface area contributed by atoms with Crippen molar-refractivity contribution in [3.63, 3.8) is 0 Å². The maximum absolute atomic E-state index is 13.5. The van der Waals surface area contributed by atoms with Gasteiger partial charge in [0.1, 0.15) is 22.5 Å². The third-order valence-corrected chi connectivity index (χ3v) is 6.54. The second-order valence-electron chi connectivity index (χ2n) is 7.82. The number of carbonyl (C=O) groups is 3. The zero-order valence-corrected chi connectivity index (χ0v) is 19.1. The van der Waals surface area contributed by atoms with Crippen LogP contribution in [0.5, 0.6) is 0 Å². The molecule has 1 unspecified atom stereocenters. The molecule has 0 saturated heterocycles. The monoisotopic (exact) mass is 501 g/mol. The Bertz CT molecular complexity index is 1200. The number of hydrogen-bond acceptors (Lipinski definition) is 6. The van der Waals surface area contributed by atoms with E-state index in [4.69, 9.17) is 9.84 Å². The van der Waals surface area contributed by atoms with E-state index in [1.807, 2.05) is 48.5 Å². The normalized spacial score (nSPS) is 13.1. The Balaban J connectivity index is 1.31. The fourth-order valence-corrected chi connectivity index (χ4v) is 4.63. The van der Waals surface area contributed by atoms with Gasteiger partial charge in [-0.05, 0) is 22.3 Å². The third kappa shape index (κ3) is 5.62. The third-order valence-electron chi connectivity index (χ3n) is 5.56. The summed E-state index contributed by atoms with van der Waals surface area (Å²) in [6.45, 7) is -0.157. The number of halogens is 2. The van der Waals surface area contributed by atoms with Crippen molar-refractivity contribution in [2.45, 2.75) is 31.4 Å². The number of nitrogens with zero attached hydrogens (tertiary/aromatic N) is 1. The molecule has 1 atom stereocenters. The molecule has 1 aromatic heterocycles. The summed E-state index contributed by atoms with van der Waals surface area (Å²) in [7, 11) is 0. The van der Waals surface area contributed by atoms with Crippen LogP contribution in [-0.2, 0) is 16.1 Å². The molecule has 2 aromatic carbocycles. The molecule has 0 radical (unpaired) electrons. The van der Waals surface area contributed by atoms with Crippen molar-refractivity contribution < 1.29 is 33.0 Å². The topological polar surface area (TPSA) is 118 Å². The first-order valence-electron chi connectivity index (χ1n) is 10.7. The van der Waals surface area contributed by atoms with Crippen molar-refractivity contribution in [2.75, 3.05) is 6.61 Å². The number of carboxylic acids is 1. The molecule has 1 aliphatic rings. The van der Waals surface area contributed by atoms with E-state index in [2.05, 4.69) is 15.6 Å². The van der Waals surface area contributed by atoms with Gasteiger partial charge in [-0.15, -0.1) is 11.3 Å². The molecule has 35 heavy (non-hydrogen) atoms. The number of aromatic carboxylic acids is 1. The molecule has 182 valence electrons. The Kier molecular flexibility index (Phi) is 7.35. The maximum Gasteiger partial charge on any atom is 0.407 e. The number of benzene rings is 2. The first kappa shape index (κ1) is 24.3. The second-order valence-corrected chi connectivity index (χ2v) is 8.93.